The third-order valence-electron chi connectivity index (χ3n) is 5.85. The molecule has 25 heavy (non-hydrogen) atoms. The molecule has 0 aromatic carbocycles. The Morgan fingerprint density at radius 3 is 2.80 bits per heavy atom. The molecule has 0 saturated heterocycles. The fourth-order valence-electron chi connectivity index (χ4n) is 4.13. The fourth-order valence-corrected chi connectivity index (χ4v) is 4.13. The lowest BCUT2D eigenvalue weighted by molar-refractivity contribution is 0.215. The van der Waals surface area contributed by atoms with Gasteiger partial charge in [0.1, 0.15) is 6.10 Å². The van der Waals surface area contributed by atoms with E-state index in [-0.39, 0.29) is 0 Å². The molecule has 0 radical (unpaired) electrons. The average molecular weight is 336 g/mol. The van der Waals surface area contributed by atoms with E-state index in [1.165, 1.54) is 17.7 Å². The Balaban J connectivity index is 1.66. The summed E-state index contributed by atoms with van der Waals surface area (Å²) in [7, 11) is 0. The van der Waals surface area contributed by atoms with E-state index in [1.807, 2.05) is 12.1 Å². The van der Waals surface area contributed by atoms with E-state index in [0.29, 0.717) is 11.3 Å². The topological polar surface area (TPSA) is 48.9 Å². The van der Waals surface area contributed by atoms with Crippen LogP contribution >= 0.6 is 0 Å². The van der Waals surface area contributed by atoms with E-state index in [1.54, 1.807) is 0 Å². The summed E-state index contributed by atoms with van der Waals surface area (Å²) in [4.78, 5) is 8.31. The first-order valence-electron chi connectivity index (χ1n) is 9.48. The maximum Gasteiger partial charge on any atom is 0.119 e. The largest absolute Gasteiger partial charge is 0.382 e. The summed E-state index contributed by atoms with van der Waals surface area (Å²) >= 11 is 0. The Morgan fingerprint density at radius 1 is 1.24 bits per heavy atom. The summed E-state index contributed by atoms with van der Waals surface area (Å²) < 4.78 is 0. The Morgan fingerprint density at radius 2 is 2.08 bits per heavy atom. The van der Waals surface area contributed by atoms with Gasteiger partial charge in [-0.25, -0.2) is 0 Å². The maximum atomic E-state index is 10.7. The molecule has 2 aliphatic carbocycles. The number of nitrogens with one attached hydrogen (secondary N) is 1. The fraction of sp³-hybridized carbons (Fsp3) is 0.500. The first-order chi connectivity index (χ1) is 11.9. The van der Waals surface area contributed by atoms with Crippen LogP contribution < -0.4 is 0 Å². The van der Waals surface area contributed by atoms with Crippen LogP contribution in [-0.4, -0.2) is 15.1 Å². The lowest BCUT2D eigenvalue weighted by atomic mass is 9.71. The van der Waals surface area contributed by atoms with Gasteiger partial charge in [0.15, 0.2) is 0 Å². The van der Waals surface area contributed by atoms with Crippen molar-refractivity contribution < 1.29 is 5.11 Å². The van der Waals surface area contributed by atoms with Crippen LogP contribution in [0.25, 0.3) is 11.0 Å². The van der Waals surface area contributed by atoms with Crippen molar-refractivity contribution in [3.63, 3.8) is 0 Å². The van der Waals surface area contributed by atoms with Crippen LogP contribution in [0.4, 0.5) is 0 Å². The molecule has 0 bridgehead atoms. The van der Waals surface area contributed by atoms with Gasteiger partial charge in [0.05, 0.1) is 16.7 Å². The molecule has 2 aliphatic rings. The molecule has 0 aliphatic heterocycles. The lowest BCUT2D eigenvalue weighted by Crippen LogP contribution is -2.27. The molecular formula is C22H28N2O. The van der Waals surface area contributed by atoms with Gasteiger partial charge < -0.3 is 10.1 Å². The SMILES string of the molecule is CC(C)(C)C1CCc2nc3cc(C(O)C4=CCCC=C4)[nH]c3cc2C1. The third kappa shape index (κ3) is 3.18. The van der Waals surface area contributed by atoms with Gasteiger partial charge in [-0.05, 0) is 66.7 Å². The highest BCUT2D eigenvalue weighted by Gasteiger charge is 2.29. The first-order valence-corrected chi connectivity index (χ1v) is 9.48. The number of H-pyrrole nitrogens is 1. The highest BCUT2D eigenvalue weighted by Crippen LogP contribution is 2.38. The smallest absolute Gasteiger partial charge is 0.119 e. The van der Waals surface area contributed by atoms with E-state index in [9.17, 15) is 5.11 Å². The Kier molecular flexibility index (Phi) is 4.07. The van der Waals surface area contributed by atoms with Crippen LogP contribution in [0.5, 0.6) is 0 Å². The summed E-state index contributed by atoms with van der Waals surface area (Å²) in [6, 6.07) is 4.27. The molecule has 0 fully saturated rings. The number of aryl methyl sites for hydroxylation is 1. The highest BCUT2D eigenvalue weighted by atomic mass is 16.3. The van der Waals surface area contributed by atoms with E-state index in [2.05, 4.69) is 44.0 Å². The third-order valence-corrected chi connectivity index (χ3v) is 5.85. The number of fused-ring (bicyclic) bond motifs is 2. The monoisotopic (exact) mass is 336 g/mol. The number of nitrogens with zero attached hydrogens (tertiary/aromatic N) is 1. The van der Waals surface area contributed by atoms with Crippen LogP contribution in [0, 0.1) is 11.3 Å². The number of rotatable bonds is 2. The molecule has 0 amide bonds. The quantitative estimate of drug-likeness (QED) is 0.808. The number of pyridine rings is 1. The molecule has 4 rings (SSSR count). The van der Waals surface area contributed by atoms with Crippen molar-refractivity contribution in [3.05, 3.63) is 52.9 Å². The average Bonchev–Trinajstić information content (AvgIpc) is 3.01. The van der Waals surface area contributed by atoms with Crippen LogP contribution in [0.3, 0.4) is 0 Å². The van der Waals surface area contributed by atoms with E-state index in [4.69, 9.17) is 4.98 Å². The molecule has 2 N–H and O–H groups in total. The van der Waals surface area contributed by atoms with Gasteiger partial charge in [0.2, 0.25) is 0 Å². The second-order valence-electron chi connectivity index (χ2n) is 8.64. The Hall–Kier alpha value is -1.87. The zero-order valence-electron chi connectivity index (χ0n) is 15.5. The highest BCUT2D eigenvalue weighted by molar-refractivity contribution is 5.77. The van der Waals surface area contributed by atoms with E-state index < -0.39 is 6.10 Å². The zero-order chi connectivity index (χ0) is 17.6. The number of hydrogen-bond acceptors (Lipinski definition) is 2. The van der Waals surface area contributed by atoms with Crippen molar-refractivity contribution in [2.75, 3.05) is 0 Å². The summed E-state index contributed by atoms with van der Waals surface area (Å²) in [5, 5.41) is 10.7. The zero-order valence-corrected chi connectivity index (χ0v) is 15.5. The number of aromatic nitrogens is 2. The summed E-state index contributed by atoms with van der Waals surface area (Å²) in [6.07, 6.45) is 11.1. The minimum Gasteiger partial charge on any atom is -0.382 e. The van der Waals surface area contributed by atoms with Gasteiger partial charge in [-0.15, -0.1) is 0 Å². The number of aromatic amines is 1. The van der Waals surface area contributed by atoms with Gasteiger partial charge in [-0.2, -0.15) is 0 Å². The lowest BCUT2D eigenvalue weighted by Gasteiger charge is -2.34. The molecule has 3 heteroatoms. The number of aliphatic hydroxyl groups is 1. The van der Waals surface area contributed by atoms with Crippen LogP contribution in [0.1, 0.15) is 63.1 Å². The van der Waals surface area contributed by atoms with Crippen LogP contribution in [0.2, 0.25) is 0 Å². The molecule has 0 spiro atoms. The number of hydrogen-bond donors (Lipinski definition) is 2. The normalized spacial score (nSPS) is 21.9. The van der Waals surface area contributed by atoms with Crippen molar-refractivity contribution in [1.82, 2.24) is 9.97 Å². The number of allylic oxidation sites excluding steroid dienone is 2. The predicted molar refractivity (Wildman–Crippen MR) is 102 cm³/mol. The molecule has 2 aromatic rings. The maximum absolute atomic E-state index is 10.7. The molecular weight excluding hydrogens is 308 g/mol. The molecule has 2 aromatic heterocycles. The Labute approximate surface area is 149 Å². The summed E-state index contributed by atoms with van der Waals surface area (Å²) in [6.45, 7) is 7.01. The van der Waals surface area contributed by atoms with Crippen molar-refractivity contribution in [2.45, 2.75) is 59.0 Å². The molecule has 0 saturated carbocycles. The van der Waals surface area contributed by atoms with E-state index in [0.717, 1.165) is 48.0 Å². The van der Waals surface area contributed by atoms with Crippen LogP contribution in [-0.2, 0) is 12.8 Å². The Bertz CT molecular complexity index is 851. The first kappa shape index (κ1) is 16.6. The molecule has 2 unspecified atom stereocenters. The minimum atomic E-state index is -0.592. The second kappa shape index (κ2) is 6.14. The second-order valence-corrected chi connectivity index (χ2v) is 8.64. The van der Waals surface area contributed by atoms with Crippen molar-refractivity contribution >= 4 is 11.0 Å². The molecule has 3 nitrogen and oxygen atoms in total. The summed E-state index contributed by atoms with van der Waals surface area (Å²) in [5.41, 5.74) is 6.79. The van der Waals surface area contributed by atoms with Gasteiger partial charge in [-0.1, -0.05) is 39.0 Å². The van der Waals surface area contributed by atoms with Gasteiger partial charge in [0.25, 0.3) is 0 Å². The van der Waals surface area contributed by atoms with E-state index >= 15 is 0 Å². The van der Waals surface area contributed by atoms with Gasteiger partial charge in [-0.3, -0.25) is 4.98 Å². The standard InChI is InChI=1S/C22H28N2O/c1-22(2,3)16-9-10-17-15(11-16)12-18-19(23-17)13-20(24-18)21(25)14-7-5-4-6-8-14/h5,7-8,12-13,16,21,24-25H,4,6,9-11H2,1-3H3. The van der Waals surface area contributed by atoms with Gasteiger partial charge >= 0.3 is 0 Å². The summed E-state index contributed by atoms with van der Waals surface area (Å²) in [5.74, 6) is 0.705. The number of aliphatic hydroxyl groups excluding tert-OH is 1. The van der Waals surface area contributed by atoms with Crippen LogP contribution in [0.15, 0.2) is 35.9 Å². The van der Waals surface area contributed by atoms with Crippen molar-refractivity contribution in [2.24, 2.45) is 11.3 Å². The van der Waals surface area contributed by atoms with Gasteiger partial charge in [0, 0.05) is 5.69 Å². The van der Waals surface area contributed by atoms with Crippen molar-refractivity contribution in [1.29, 1.82) is 0 Å². The molecule has 2 atom stereocenters. The molecule has 2 heterocycles. The minimum absolute atomic E-state index is 0.337. The molecule has 132 valence electrons. The predicted octanol–water partition coefficient (Wildman–Crippen LogP) is 5.02. The van der Waals surface area contributed by atoms with Crippen molar-refractivity contribution in [3.8, 4) is 0 Å².